The third-order valence-electron chi connectivity index (χ3n) is 3.92. The predicted molar refractivity (Wildman–Crippen MR) is 91.5 cm³/mol. The lowest BCUT2D eigenvalue weighted by molar-refractivity contribution is -0.122. The maximum absolute atomic E-state index is 12.3. The van der Waals surface area contributed by atoms with Gasteiger partial charge in [-0.25, -0.2) is 5.06 Å². The Morgan fingerprint density at radius 2 is 2.24 bits per heavy atom. The SMILES string of the molecule is CCCNC(=O)C1=C(N)c2ccc/c(=C3/N=NC=C3OC)c2=CN1O. The van der Waals surface area contributed by atoms with Gasteiger partial charge in [-0.2, -0.15) is 5.11 Å². The van der Waals surface area contributed by atoms with E-state index in [1.165, 1.54) is 19.5 Å². The Kier molecular flexibility index (Phi) is 4.53. The molecule has 0 saturated carbocycles. The lowest BCUT2D eigenvalue weighted by Gasteiger charge is -2.23. The van der Waals surface area contributed by atoms with Crippen molar-refractivity contribution in [3.8, 4) is 0 Å². The van der Waals surface area contributed by atoms with E-state index < -0.39 is 5.91 Å². The molecule has 1 aromatic rings. The van der Waals surface area contributed by atoms with Crippen molar-refractivity contribution in [3.05, 3.63) is 51.9 Å². The predicted octanol–water partition coefficient (Wildman–Crippen LogP) is 0.345. The number of hydrogen-bond donors (Lipinski definition) is 3. The molecule has 130 valence electrons. The van der Waals surface area contributed by atoms with Gasteiger partial charge in [-0.05, 0) is 6.42 Å². The molecule has 0 radical (unpaired) electrons. The average Bonchev–Trinajstić information content (AvgIpc) is 3.08. The quantitative estimate of drug-likeness (QED) is 0.731. The number of hydroxylamine groups is 2. The number of azo groups is 1. The fourth-order valence-corrected chi connectivity index (χ4v) is 2.72. The highest BCUT2D eigenvalue weighted by Crippen LogP contribution is 2.20. The lowest BCUT2D eigenvalue weighted by Crippen LogP contribution is -2.42. The summed E-state index contributed by atoms with van der Waals surface area (Å²) in [5, 5.41) is 23.0. The lowest BCUT2D eigenvalue weighted by atomic mass is 10.0. The maximum Gasteiger partial charge on any atom is 0.272 e. The summed E-state index contributed by atoms with van der Waals surface area (Å²) >= 11 is 0. The van der Waals surface area contributed by atoms with E-state index in [1.54, 1.807) is 12.1 Å². The van der Waals surface area contributed by atoms with Crippen LogP contribution in [0, 0.1) is 0 Å². The summed E-state index contributed by atoms with van der Waals surface area (Å²) in [6.45, 7) is 2.44. The van der Waals surface area contributed by atoms with Gasteiger partial charge in [0, 0.05) is 28.7 Å². The van der Waals surface area contributed by atoms with E-state index in [9.17, 15) is 10.0 Å². The Hall–Kier alpha value is -3.13. The van der Waals surface area contributed by atoms with Gasteiger partial charge in [0.05, 0.1) is 19.0 Å². The van der Waals surface area contributed by atoms with Gasteiger partial charge in [-0.15, -0.1) is 5.11 Å². The van der Waals surface area contributed by atoms with E-state index in [-0.39, 0.29) is 11.4 Å². The summed E-state index contributed by atoms with van der Waals surface area (Å²) in [4.78, 5) is 12.3. The minimum absolute atomic E-state index is 0.00125. The van der Waals surface area contributed by atoms with Gasteiger partial charge in [0.2, 0.25) is 0 Å². The molecule has 2 aliphatic rings. The van der Waals surface area contributed by atoms with Crippen LogP contribution >= 0.6 is 0 Å². The van der Waals surface area contributed by atoms with E-state index in [4.69, 9.17) is 10.5 Å². The van der Waals surface area contributed by atoms with Gasteiger partial charge in [0.15, 0.2) is 11.5 Å². The summed E-state index contributed by atoms with van der Waals surface area (Å²) in [6, 6.07) is 5.41. The first-order valence-corrected chi connectivity index (χ1v) is 7.85. The minimum Gasteiger partial charge on any atom is -0.493 e. The number of carbonyl (C=O) groups excluding carboxylic acids is 1. The van der Waals surface area contributed by atoms with Crippen LogP contribution in [0.1, 0.15) is 18.9 Å². The third kappa shape index (κ3) is 2.87. The van der Waals surface area contributed by atoms with Gasteiger partial charge < -0.3 is 15.8 Å². The summed E-state index contributed by atoms with van der Waals surface area (Å²) in [7, 11) is 1.53. The number of carbonyl (C=O) groups is 1. The Labute approximate surface area is 144 Å². The second-order valence-corrected chi connectivity index (χ2v) is 5.52. The molecule has 0 aromatic heterocycles. The van der Waals surface area contributed by atoms with Crippen LogP contribution in [0.2, 0.25) is 0 Å². The highest BCUT2D eigenvalue weighted by atomic mass is 16.5. The van der Waals surface area contributed by atoms with E-state index in [0.717, 1.165) is 11.5 Å². The molecule has 25 heavy (non-hydrogen) atoms. The molecule has 4 N–H and O–H groups in total. The van der Waals surface area contributed by atoms with Gasteiger partial charge in [-0.1, -0.05) is 25.1 Å². The summed E-state index contributed by atoms with van der Waals surface area (Å²) < 4.78 is 5.27. The van der Waals surface area contributed by atoms with Crippen LogP contribution in [0.25, 0.3) is 17.6 Å². The Balaban J connectivity index is 2.19. The molecule has 1 aromatic carbocycles. The second-order valence-electron chi connectivity index (χ2n) is 5.52. The molecule has 0 bridgehead atoms. The van der Waals surface area contributed by atoms with Crippen LogP contribution < -0.4 is 21.5 Å². The Bertz CT molecular complexity index is 930. The van der Waals surface area contributed by atoms with Gasteiger partial charge in [0.1, 0.15) is 5.70 Å². The number of rotatable bonds is 4. The van der Waals surface area contributed by atoms with Crippen molar-refractivity contribution in [2.45, 2.75) is 13.3 Å². The van der Waals surface area contributed by atoms with E-state index in [2.05, 4.69) is 15.5 Å². The molecule has 0 fully saturated rings. The minimum atomic E-state index is -0.431. The maximum atomic E-state index is 12.3. The van der Waals surface area contributed by atoms with E-state index in [1.807, 2.05) is 13.0 Å². The molecular formula is C17H19N5O3. The van der Waals surface area contributed by atoms with E-state index in [0.29, 0.717) is 34.0 Å². The number of amides is 1. The zero-order chi connectivity index (χ0) is 18.0. The van der Waals surface area contributed by atoms with Gasteiger partial charge >= 0.3 is 0 Å². The Morgan fingerprint density at radius 1 is 1.44 bits per heavy atom. The highest BCUT2D eigenvalue weighted by molar-refractivity contribution is 6.01. The van der Waals surface area contributed by atoms with Crippen LogP contribution in [0.3, 0.4) is 0 Å². The number of methoxy groups -OCH3 is 1. The first kappa shape index (κ1) is 16.7. The standard InChI is InChI=1S/C17H19N5O3/c1-3-7-19-17(23)16-14(18)10-5-4-6-11(12(10)9-22(16)24)15-13(25-2)8-20-21-15/h4-6,8-9,24H,3,7,18H2,1-2H3,(H,19,23)/b15-11-. The van der Waals surface area contributed by atoms with Crippen molar-refractivity contribution >= 4 is 23.5 Å². The fraction of sp³-hybridized carbons (Fsp3) is 0.235. The molecular weight excluding hydrogens is 322 g/mol. The first-order chi connectivity index (χ1) is 12.1. The molecule has 0 saturated heterocycles. The molecule has 0 atom stereocenters. The molecule has 1 amide bonds. The number of nitrogens with two attached hydrogens (primary N) is 1. The number of nitrogens with zero attached hydrogens (tertiary/aromatic N) is 3. The second kappa shape index (κ2) is 6.78. The van der Waals surface area contributed by atoms with Crippen LogP contribution in [-0.4, -0.2) is 29.8 Å². The number of nitrogens with one attached hydrogen (secondary N) is 1. The smallest absolute Gasteiger partial charge is 0.272 e. The van der Waals surface area contributed by atoms with Crippen molar-refractivity contribution in [2.75, 3.05) is 13.7 Å². The van der Waals surface area contributed by atoms with E-state index >= 15 is 0 Å². The van der Waals surface area contributed by atoms with Crippen molar-refractivity contribution in [1.29, 1.82) is 0 Å². The highest BCUT2D eigenvalue weighted by Gasteiger charge is 2.24. The molecule has 2 aliphatic heterocycles. The number of benzene rings is 1. The number of fused-ring (bicyclic) bond motifs is 1. The van der Waals surface area contributed by atoms with Gasteiger partial charge in [-0.3, -0.25) is 10.0 Å². The van der Waals surface area contributed by atoms with Crippen molar-refractivity contribution in [1.82, 2.24) is 10.4 Å². The van der Waals surface area contributed by atoms with Crippen molar-refractivity contribution < 1.29 is 14.7 Å². The first-order valence-electron chi connectivity index (χ1n) is 7.85. The third-order valence-corrected chi connectivity index (χ3v) is 3.92. The molecule has 0 spiro atoms. The molecule has 8 heteroatoms. The molecule has 0 aliphatic carbocycles. The Morgan fingerprint density at radius 3 is 2.96 bits per heavy atom. The summed E-state index contributed by atoms with van der Waals surface area (Å²) in [5.41, 5.74) is 7.54. The molecule has 3 rings (SSSR count). The van der Waals surface area contributed by atoms with Crippen LogP contribution in [0.4, 0.5) is 0 Å². The normalized spacial score (nSPS) is 17.9. The monoisotopic (exact) mass is 341 g/mol. The summed E-state index contributed by atoms with van der Waals surface area (Å²) in [6.07, 6.45) is 3.73. The average molecular weight is 341 g/mol. The fourth-order valence-electron chi connectivity index (χ4n) is 2.72. The van der Waals surface area contributed by atoms with Crippen LogP contribution in [0.15, 0.2) is 46.1 Å². The largest absolute Gasteiger partial charge is 0.493 e. The van der Waals surface area contributed by atoms with Crippen LogP contribution in [0.5, 0.6) is 0 Å². The summed E-state index contributed by atoms with van der Waals surface area (Å²) in [5.74, 6) is 0.0835. The van der Waals surface area contributed by atoms with Crippen molar-refractivity contribution in [2.24, 2.45) is 16.0 Å². The number of ether oxygens (including phenoxy) is 1. The van der Waals surface area contributed by atoms with Gasteiger partial charge in [0.25, 0.3) is 5.91 Å². The topological polar surface area (TPSA) is 113 Å². The molecule has 0 unspecified atom stereocenters. The van der Waals surface area contributed by atoms with Crippen LogP contribution in [-0.2, 0) is 9.53 Å². The molecule has 8 nitrogen and oxygen atoms in total. The number of hydrogen-bond acceptors (Lipinski definition) is 7. The molecule has 2 heterocycles. The van der Waals surface area contributed by atoms with Crippen molar-refractivity contribution in [3.63, 3.8) is 0 Å². The zero-order valence-corrected chi connectivity index (χ0v) is 14.0. The zero-order valence-electron chi connectivity index (χ0n) is 14.0.